The van der Waals surface area contributed by atoms with Crippen LogP contribution in [-0.2, 0) is 18.4 Å². The van der Waals surface area contributed by atoms with Crippen LogP contribution in [0.2, 0.25) is 0 Å². The molecular formula is C19H23FN4O2. The fourth-order valence-electron chi connectivity index (χ4n) is 3.20. The molecule has 0 unspecified atom stereocenters. The normalized spacial score (nSPS) is 16.3. The van der Waals surface area contributed by atoms with Crippen LogP contribution in [0.25, 0.3) is 0 Å². The molecule has 1 aliphatic rings. The van der Waals surface area contributed by atoms with Crippen LogP contribution in [-0.4, -0.2) is 45.3 Å². The molecule has 2 heterocycles. The number of benzene rings is 1. The van der Waals surface area contributed by atoms with E-state index in [1.54, 1.807) is 18.0 Å². The maximum Gasteiger partial charge on any atom is 0.272 e. The number of rotatable bonds is 4. The topological polar surface area (TPSA) is 67.2 Å². The molecule has 7 heteroatoms. The van der Waals surface area contributed by atoms with Crippen LogP contribution in [0, 0.1) is 6.92 Å². The van der Waals surface area contributed by atoms with Crippen LogP contribution in [0.1, 0.15) is 34.6 Å². The Labute approximate surface area is 152 Å². The summed E-state index contributed by atoms with van der Waals surface area (Å²) in [6, 6.07) is 11.1. The van der Waals surface area contributed by atoms with E-state index in [1.165, 1.54) is 4.68 Å². The minimum atomic E-state index is -1.94. The zero-order valence-electron chi connectivity index (χ0n) is 15.0. The van der Waals surface area contributed by atoms with Crippen LogP contribution in [0.5, 0.6) is 0 Å². The Kier molecular flexibility index (Phi) is 5.06. The predicted molar refractivity (Wildman–Crippen MR) is 95.2 cm³/mol. The number of nitrogens with one attached hydrogen (secondary N) is 1. The van der Waals surface area contributed by atoms with Crippen molar-refractivity contribution in [2.24, 2.45) is 7.05 Å². The highest BCUT2D eigenvalue weighted by Crippen LogP contribution is 2.28. The van der Waals surface area contributed by atoms with Gasteiger partial charge in [-0.05, 0) is 18.6 Å². The summed E-state index contributed by atoms with van der Waals surface area (Å²) in [7, 11) is 1.71. The molecule has 1 aromatic heterocycles. The minimum Gasteiger partial charge on any atom is -0.349 e. The lowest BCUT2D eigenvalue weighted by Crippen LogP contribution is -2.52. The lowest BCUT2D eigenvalue weighted by Gasteiger charge is -2.35. The molecule has 3 rings (SSSR count). The van der Waals surface area contributed by atoms with E-state index in [4.69, 9.17) is 0 Å². The van der Waals surface area contributed by atoms with Crippen LogP contribution in [0.15, 0.2) is 36.4 Å². The molecule has 0 aliphatic carbocycles. The van der Waals surface area contributed by atoms with E-state index in [2.05, 4.69) is 10.4 Å². The van der Waals surface area contributed by atoms with Gasteiger partial charge in [-0.25, -0.2) is 4.39 Å². The van der Waals surface area contributed by atoms with Crippen molar-refractivity contribution in [2.75, 3.05) is 13.1 Å². The number of nitrogens with zero attached hydrogens (tertiary/aromatic N) is 3. The third-order valence-corrected chi connectivity index (χ3v) is 4.77. The second-order valence-corrected chi connectivity index (χ2v) is 6.72. The predicted octanol–water partition coefficient (Wildman–Crippen LogP) is 1.99. The molecule has 0 saturated carbocycles. The number of hydrogen-bond acceptors (Lipinski definition) is 3. The summed E-state index contributed by atoms with van der Waals surface area (Å²) < 4.78 is 16.6. The summed E-state index contributed by atoms with van der Waals surface area (Å²) in [5, 5.41) is 6.83. The third-order valence-electron chi connectivity index (χ3n) is 4.77. The first kappa shape index (κ1) is 18.1. The maximum absolute atomic E-state index is 15.0. The maximum atomic E-state index is 15.0. The van der Waals surface area contributed by atoms with Crippen LogP contribution in [0.4, 0.5) is 4.39 Å². The van der Waals surface area contributed by atoms with Gasteiger partial charge in [0.2, 0.25) is 0 Å². The van der Waals surface area contributed by atoms with Gasteiger partial charge in [0.05, 0.1) is 5.69 Å². The number of carbonyl (C=O) groups excluding carboxylic acids is 2. The van der Waals surface area contributed by atoms with Crippen molar-refractivity contribution in [3.63, 3.8) is 0 Å². The summed E-state index contributed by atoms with van der Waals surface area (Å²) in [5.74, 6) is -0.787. The number of aryl methyl sites for hydroxylation is 2. The molecule has 1 fully saturated rings. The minimum absolute atomic E-state index is 0.00377. The second-order valence-electron chi connectivity index (χ2n) is 6.72. The average Bonchev–Trinajstić information content (AvgIpc) is 2.98. The van der Waals surface area contributed by atoms with Crippen molar-refractivity contribution in [2.45, 2.75) is 32.0 Å². The second kappa shape index (κ2) is 7.27. The van der Waals surface area contributed by atoms with Gasteiger partial charge < -0.3 is 10.2 Å². The summed E-state index contributed by atoms with van der Waals surface area (Å²) in [6.45, 7) is 2.52. The lowest BCUT2D eigenvalue weighted by molar-refractivity contribution is -0.135. The molecule has 2 amide bonds. The van der Waals surface area contributed by atoms with Gasteiger partial charge in [-0.1, -0.05) is 30.3 Å². The van der Waals surface area contributed by atoms with Crippen LogP contribution >= 0.6 is 0 Å². The molecule has 1 N–H and O–H groups in total. The van der Waals surface area contributed by atoms with Crippen molar-refractivity contribution >= 4 is 11.8 Å². The first-order chi connectivity index (χ1) is 12.4. The van der Waals surface area contributed by atoms with E-state index in [-0.39, 0.29) is 31.8 Å². The van der Waals surface area contributed by atoms with E-state index in [9.17, 15) is 9.59 Å². The standard InChI is InChI=1S/C19H23FN4O2/c1-14-12-16(23(2)22-14)17(25)24-10-8-19(20,9-11-24)18(26)21-13-15-6-4-3-5-7-15/h3-7,12H,8-11,13H2,1-2H3,(H,21,26). The Morgan fingerprint density at radius 3 is 2.46 bits per heavy atom. The zero-order valence-corrected chi connectivity index (χ0v) is 15.0. The van der Waals surface area contributed by atoms with Crippen molar-refractivity contribution in [3.8, 4) is 0 Å². The molecule has 138 valence electrons. The number of hydrogen-bond donors (Lipinski definition) is 1. The Hall–Kier alpha value is -2.70. The highest BCUT2D eigenvalue weighted by Gasteiger charge is 2.42. The Morgan fingerprint density at radius 1 is 1.23 bits per heavy atom. The Balaban J connectivity index is 1.57. The molecule has 0 radical (unpaired) electrons. The number of carbonyl (C=O) groups is 2. The first-order valence-corrected chi connectivity index (χ1v) is 8.70. The first-order valence-electron chi connectivity index (χ1n) is 8.70. The number of amides is 2. The van der Waals surface area contributed by atoms with Crippen LogP contribution in [0.3, 0.4) is 0 Å². The van der Waals surface area contributed by atoms with Gasteiger partial charge in [-0.15, -0.1) is 0 Å². The molecular weight excluding hydrogens is 335 g/mol. The van der Waals surface area contributed by atoms with Gasteiger partial charge in [0, 0.05) is 39.5 Å². The van der Waals surface area contributed by atoms with Gasteiger partial charge in [0.25, 0.3) is 11.8 Å². The van der Waals surface area contributed by atoms with E-state index in [0.29, 0.717) is 12.2 Å². The number of piperidine rings is 1. The molecule has 26 heavy (non-hydrogen) atoms. The van der Waals surface area contributed by atoms with E-state index < -0.39 is 11.6 Å². The Bertz CT molecular complexity index is 795. The smallest absolute Gasteiger partial charge is 0.272 e. The average molecular weight is 358 g/mol. The van der Waals surface area contributed by atoms with E-state index >= 15 is 4.39 Å². The highest BCUT2D eigenvalue weighted by atomic mass is 19.1. The number of alkyl halides is 1. The van der Waals surface area contributed by atoms with E-state index in [1.807, 2.05) is 37.3 Å². The SMILES string of the molecule is Cc1cc(C(=O)N2CCC(F)(C(=O)NCc3ccccc3)CC2)n(C)n1. The monoisotopic (exact) mass is 358 g/mol. The molecule has 0 spiro atoms. The molecule has 0 atom stereocenters. The van der Waals surface area contributed by atoms with Gasteiger partial charge in [0.1, 0.15) is 5.69 Å². The largest absolute Gasteiger partial charge is 0.349 e. The molecule has 2 aromatic rings. The van der Waals surface area contributed by atoms with Gasteiger partial charge in [-0.2, -0.15) is 5.10 Å². The summed E-state index contributed by atoms with van der Waals surface area (Å²) in [4.78, 5) is 26.4. The highest BCUT2D eigenvalue weighted by molar-refractivity contribution is 5.93. The molecule has 6 nitrogen and oxygen atoms in total. The zero-order chi connectivity index (χ0) is 18.7. The summed E-state index contributed by atoms with van der Waals surface area (Å²) >= 11 is 0. The summed E-state index contributed by atoms with van der Waals surface area (Å²) in [5.41, 5.74) is 0.215. The van der Waals surface area contributed by atoms with Crippen molar-refractivity contribution in [1.82, 2.24) is 20.0 Å². The number of likely N-dealkylation sites (tertiary alicyclic amines) is 1. The number of aromatic nitrogens is 2. The van der Waals surface area contributed by atoms with Gasteiger partial charge in [-0.3, -0.25) is 14.3 Å². The van der Waals surface area contributed by atoms with Gasteiger partial charge >= 0.3 is 0 Å². The quantitative estimate of drug-likeness (QED) is 0.909. The fraction of sp³-hybridized carbons (Fsp3) is 0.421. The molecule has 1 aliphatic heterocycles. The molecule has 1 saturated heterocycles. The van der Waals surface area contributed by atoms with Crippen LogP contribution < -0.4 is 5.32 Å². The molecule has 0 bridgehead atoms. The summed E-state index contributed by atoms with van der Waals surface area (Å²) in [6.07, 6.45) is -0.00755. The molecule has 1 aromatic carbocycles. The van der Waals surface area contributed by atoms with Gasteiger partial charge in [0.15, 0.2) is 5.67 Å². The van der Waals surface area contributed by atoms with Crippen molar-refractivity contribution < 1.29 is 14.0 Å². The fourth-order valence-corrected chi connectivity index (χ4v) is 3.20. The van der Waals surface area contributed by atoms with Crippen molar-refractivity contribution in [3.05, 3.63) is 53.3 Å². The third kappa shape index (κ3) is 3.76. The Morgan fingerprint density at radius 2 is 1.88 bits per heavy atom. The van der Waals surface area contributed by atoms with E-state index in [0.717, 1.165) is 11.3 Å². The lowest BCUT2D eigenvalue weighted by atomic mass is 9.92. The number of halogens is 1. The van der Waals surface area contributed by atoms with Crippen molar-refractivity contribution in [1.29, 1.82) is 0 Å².